The maximum atomic E-state index is 12.2. The molecule has 0 bridgehead atoms. The molecule has 0 atom stereocenters. The Morgan fingerprint density at radius 1 is 1.20 bits per heavy atom. The zero-order valence-electron chi connectivity index (χ0n) is 11.0. The summed E-state index contributed by atoms with van der Waals surface area (Å²) in [5.74, 6) is -1.34. The normalized spacial score (nSPS) is 17.4. The van der Waals surface area contributed by atoms with Crippen LogP contribution < -0.4 is 15.4 Å². The van der Waals surface area contributed by atoms with Gasteiger partial charge in [0.15, 0.2) is 16.9 Å². The Balaban J connectivity index is 2.58. The number of nitrogens with one attached hydrogen (secondary N) is 2. The van der Waals surface area contributed by atoms with E-state index in [-0.39, 0.29) is 17.9 Å². The number of rotatable bonds is 3. The smallest absolute Gasteiger partial charge is 0.328 e. The van der Waals surface area contributed by atoms with Crippen molar-refractivity contribution in [3.8, 4) is 11.5 Å². The summed E-state index contributed by atoms with van der Waals surface area (Å²) < 4.78 is 4.98. The molecule has 1 fully saturated rings. The number of urea groups is 1. The molecule has 0 saturated carbocycles. The highest BCUT2D eigenvalue weighted by Gasteiger charge is 2.50. The van der Waals surface area contributed by atoms with Crippen molar-refractivity contribution in [3.05, 3.63) is 23.8 Å². The Hall–Kier alpha value is -2.57. The first kappa shape index (κ1) is 13.9. The van der Waals surface area contributed by atoms with E-state index in [4.69, 9.17) is 4.74 Å². The predicted octanol–water partition coefficient (Wildman–Crippen LogP) is 0.415. The summed E-state index contributed by atoms with van der Waals surface area (Å²) in [4.78, 5) is 35.5. The molecule has 0 radical (unpaired) electrons. The number of carbonyl (C=O) groups excluding carboxylic acids is 3. The predicted molar refractivity (Wildman–Crippen MR) is 68.3 cm³/mol. The van der Waals surface area contributed by atoms with E-state index in [1.165, 1.54) is 25.3 Å². The summed E-state index contributed by atoms with van der Waals surface area (Å²) >= 11 is 0. The van der Waals surface area contributed by atoms with Crippen molar-refractivity contribution in [2.75, 3.05) is 7.11 Å². The van der Waals surface area contributed by atoms with Crippen LogP contribution in [0, 0.1) is 0 Å². The number of amides is 4. The van der Waals surface area contributed by atoms with E-state index in [0.717, 1.165) is 0 Å². The van der Waals surface area contributed by atoms with Crippen LogP contribution in [0.2, 0.25) is 0 Å². The molecule has 1 heterocycles. The molecule has 0 aliphatic carbocycles. The van der Waals surface area contributed by atoms with Crippen molar-refractivity contribution < 1.29 is 24.2 Å². The van der Waals surface area contributed by atoms with Gasteiger partial charge in [0, 0.05) is 0 Å². The second-order valence-corrected chi connectivity index (χ2v) is 4.38. The topological polar surface area (TPSA) is 105 Å². The summed E-state index contributed by atoms with van der Waals surface area (Å²) in [5.41, 5.74) is -1.17. The molecule has 0 aromatic heterocycles. The van der Waals surface area contributed by atoms with E-state index < -0.39 is 23.3 Å². The molecular weight excluding hydrogens is 264 g/mol. The van der Waals surface area contributed by atoms with Gasteiger partial charge in [0.2, 0.25) is 11.8 Å². The standard InChI is InChI=1S/C13H14N2O5/c1-3-13(10(17)14-12(19)15-11(13)18)7-4-5-8(16)9(6-7)20-2/h4-6,16H,3H2,1-2H3,(H2,14,15,17,18,19). The monoisotopic (exact) mass is 278 g/mol. The van der Waals surface area contributed by atoms with E-state index in [9.17, 15) is 19.5 Å². The molecule has 1 aliphatic rings. The summed E-state index contributed by atoms with van der Waals surface area (Å²) in [6.07, 6.45) is 0.159. The van der Waals surface area contributed by atoms with Gasteiger partial charge in [-0.1, -0.05) is 13.0 Å². The molecule has 7 heteroatoms. The third kappa shape index (κ3) is 1.87. The maximum Gasteiger partial charge on any atom is 0.328 e. The molecule has 3 N–H and O–H groups in total. The van der Waals surface area contributed by atoms with Crippen LogP contribution in [-0.2, 0) is 15.0 Å². The second-order valence-electron chi connectivity index (χ2n) is 4.38. The van der Waals surface area contributed by atoms with Crippen molar-refractivity contribution >= 4 is 17.8 Å². The van der Waals surface area contributed by atoms with Gasteiger partial charge in [0.1, 0.15) is 0 Å². The second kappa shape index (κ2) is 4.84. The van der Waals surface area contributed by atoms with E-state index >= 15 is 0 Å². The van der Waals surface area contributed by atoms with Gasteiger partial charge in [0.05, 0.1) is 7.11 Å². The van der Waals surface area contributed by atoms with Crippen LogP contribution in [0.5, 0.6) is 11.5 Å². The molecule has 0 unspecified atom stereocenters. The number of phenols is 1. The average molecular weight is 278 g/mol. The van der Waals surface area contributed by atoms with E-state index in [2.05, 4.69) is 10.6 Å². The highest BCUT2D eigenvalue weighted by molar-refractivity contribution is 6.22. The Kier molecular flexibility index (Phi) is 3.35. The number of aromatic hydroxyl groups is 1. The largest absolute Gasteiger partial charge is 0.504 e. The molecule has 4 amide bonds. The van der Waals surface area contributed by atoms with E-state index in [1.807, 2.05) is 0 Å². The van der Waals surface area contributed by atoms with Crippen molar-refractivity contribution in [2.45, 2.75) is 18.8 Å². The quantitative estimate of drug-likeness (QED) is 0.695. The zero-order valence-corrected chi connectivity index (χ0v) is 11.0. The minimum absolute atomic E-state index is 0.102. The summed E-state index contributed by atoms with van der Waals surface area (Å²) in [5, 5.41) is 13.8. The van der Waals surface area contributed by atoms with Crippen molar-refractivity contribution in [3.63, 3.8) is 0 Å². The van der Waals surface area contributed by atoms with Crippen LogP contribution in [0.4, 0.5) is 4.79 Å². The van der Waals surface area contributed by atoms with Crippen LogP contribution in [0.3, 0.4) is 0 Å². The summed E-state index contributed by atoms with van der Waals surface area (Å²) in [7, 11) is 1.36. The van der Waals surface area contributed by atoms with Crippen LogP contribution >= 0.6 is 0 Å². The number of hydrogen-bond acceptors (Lipinski definition) is 5. The number of phenolic OH excluding ortho intramolecular Hbond substituents is 1. The van der Waals surface area contributed by atoms with Gasteiger partial charge in [-0.05, 0) is 24.1 Å². The number of barbiturate groups is 1. The number of methoxy groups -OCH3 is 1. The molecule has 1 saturated heterocycles. The Morgan fingerprint density at radius 3 is 2.30 bits per heavy atom. The van der Waals surface area contributed by atoms with Gasteiger partial charge >= 0.3 is 6.03 Å². The fourth-order valence-electron chi connectivity index (χ4n) is 2.28. The summed E-state index contributed by atoms with van der Waals surface area (Å²) in [6.45, 7) is 1.66. The van der Waals surface area contributed by atoms with E-state index in [0.29, 0.717) is 5.56 Å². The molecular formula is C13H14N2O5. The Bertz CT molecular complexity index is 576. The molecule has 7 nitrogen and oxygen atoms in total. The molecule has 106 valence electrons. The third-order valence-corrected chi connectivity index (χ3v) is 3.43. The van der Waals surface area contributed by atoms with Crippen molar-refractivity contribution in [1.29, 1.82) is 0 Å². The first-order valence-electron chi connectivity index (χ1n) is 6.00. The maximum absolute atomic E-state index is 12.2. The van der Waals surface area contributed by atoms with Crippen molar-refractivity contribution in [2.24, 2.45) is 0 Å². The number of carbonyl (C=O) groups is 3. The number of hydrogen-bond donors (Lipinski definition) is 3. The fourth-order valence-corrected chi connectivity index (χ4v) is 2.28. The number of ether oxygens (including phenoxy) is 1. The lowest BCUT2D eigenvalue weighted by Gasteiger charge is -2.33. The molecule has 2 rings (SSSR count). The minimum atomic E-state index is -1.52. The minimum Gasteiger partial charge on any atom is -0.504 e. The van der Waals surface area contributed by atoms with Crippen LogP contribution in [-0.4, -0.2) is 30.1 Å². The lowest BCUT2D eigenvalue weighted by molar-refractivity contribution is -0.138. The summed E-state index contributed by atoms with van der Waals surface area (Å²) in [6, 6.07) is 3.36. The van der Waals surface area contributed by atoms with Crippen LogP contribution in [0.1, 0.15) is 18.9 Å². The lowest BCUT2D eigenvalue weighted by atomic mass is 9.75. The Labute approximate surface area is 114 Å². The number of benzene rings is 1. The van der Waals surface area contributed by atoms with Crippen LogP contribution in [0.25, 0.3) is 0 Å². The zero-order chi connectivity index (χ0) is 14.9. The third-order valence-electron chi connectivity index (χ3n) is 3.43. The van der Waals surface area contributed by atoms with Gasteiger partial charge in [-0.2, -0.15) is 0 Å². The van der Waals surface area contributed by atoms with Crippen LogP contribution in [0.15, 0.2) is 18.2 Å². The molecule has 1 aromatic carbocycles. The molecule has 1 aliphatic heterocycles. The van der Waals surface area contributed by atoms with Gasteiger partial charge in [-0.3, -0.25) is 20.2 Å². The fraction of sp³-hybridized carbons (Fsp3) is 0.308. The molecule has 1 aromatic rings. The average Bonchev–Trinajstić information content (AvgIpc) is 2.40. The SMILES string of the molecule is CCC1(c2ccc(O)c(OC)c2)C(=O)NC(=O)NC1=O. The van der Waals surface area contributed by atoms with Gasteiger partial charge in [-0.25, -0.2) is 4.79 Å². The first-order valence-corrected chi connectivity index (χ1v) is 6.00. The lowest BCUT2D eigenvalue weighted by Crippen LogP contribution is -2.64. The first-order chi connectivity index (χ1) is 9.45. The van der Waals surface area contributed by atoms with Crippen molar-refractivity contribution in [1.82, 2.24) is 10.6 Å². The van der Waals surface area contributed by atoms with Gasteiger partial charge < -0.3 is 9.84 Å². The molecule has 20 heavy (non-hydrogen) atoms. The van der Waals surface area contributed by atoms with Gasteiger partial charge in [0.25, 0.3) is 0 Å². The van der Waals surface area contributed by atoms with Gasteiger partial charge in [-0.15, -0.1) is 0 Å². The highest BCUT2D eigenvalue weighted by Crippen LogP contribution is 2.36. The Morgan fingerprint density at radius 2 is 1.80 bits per heavy atom. The number of imide groups is 2. The molecule has 0 spiro atoms. The van der Waals surface area contributed by atoms with E-state index in [1.54, 1.807) is 6.92 Å². The highest BCUT2D eigenvalue weighted by atomic mass is 16.5.